The molecule has 214 valence electrons. The number of carbonyl (C=O) groups is 3. The Morgan fingerprint density at radius 2 is 1.72 bits per heavy atom. The van der Waals surface area contributed by atoms with Gasteiger partial charge in [0.05, 0.1) is 12.0 Å². The molecular formula is C30H40O9. The van der Waals surface area contributed by atoms with E-state index in [1.54, 1.807) is 26.8 Å². The molecule has 9 heteroatoms. The third-order valence-corrected chi connectivity index (χ3v) is 11.0. The minimum Gasteiger partial charge on any atom is -0.459 e. The van der Waals surface area contributed by atoms with Crippen LogP contribution in [0.2, 0.25) is 0 Å². The van der Waals surface area contributed by atoms with Gasteiger partial charge in [0.25, 0.3) is 0 Å². The van der Waals surface area contributed by atoms with Crippen LogP contribution in [0, 0.1) is 33.5 Å². The van der Waals surface area contributed by atoms with Gasteiger partial charge < -0.3 is 29.9 Å². The van der Waals surface area contributed by atoms with Gasteiger partial charge >= 0.3 is 0 Å². The number of fused-ring (bicyclic) bond motifs is 5. The van der Waals surface area contributed by atoms with E-state index in [1.165, 1.54) is 0 Å². The van der Waals surface area contributed by atoms with Crippen LogP contribution < -0.4 is 0 Å². The number of hydrogen-bond donors (Lipinski definition) is 4. The zero-order valence-corrected chi connectivity index (χ0v) is 23.4. The highest BCUT2D eigenvalue weighted by Crippen LogP contribution is 2.71. The Kier molecular flexibility index (Phi) is 6.48. The summed E-state index contributed by atoms with van der Waals surface area (Å²) in [7, 11) is 0. The summed E-state index contributed by atoms with van der Waals surface area (Å²) in [6, 6.07) is 0. The third kappa shape index (κ3) is 3.59. The van der Waals surface area contributed by atoms with Crippen molar-refractivity contribution in [1.82, 2.24) is 0 Å². The Morgan fingerprint density at radius 3 is 2.33 bits per heavy atom. The molecule has 4 aliphatic carbocycles. The quantitative estimate of drug-likeness (QED) is 0.388. The van der Waals surface area contributed by atoms with Crippen LogP contribution in [0.5, 0.6) is 0 Å². The van der Waals surface area contributed by atoms with Crippen LogP contribution in [0.4, 0.5) is 0 Å². The van der Waals surface area contributed by atoms with Gasteiger partial charge in [0, 0.05) is 23.2 Å². The monoisotopic (exact) mass is 544 g/mol. The van der Waals surface area contributed by atoms with Crippen LogP contribution in [-0.4, -0.2) is 75.1 Å². The predicted molar refractivity (Wildman–Crippen MR) is 139 cm³/mol. The zero-order valence-electron chi connectivity index (χ0n) is 23.4. The average molecular weight is 545 g/mol. The smallest absolute Gasteiger partial charge is 0.229 e. The van der Waals surface area contributed by atoms with Crippen LogP contribution in [0.3, 0.4) is 0 Å². The second-order valence-corrected chi connectivity index (χ2v) is 13.2. The van der Waals surface area contributed by atoms with Gasteiger partial charge in [-0.15, -0.1) is 0 Å². The minimum absolute atomic E-state index is 0.0100. The Bertz CT molecular complexity index is 1210. The van der Waals surface area contributed by atoms with Gasteiger partial charge in [0.1, 0.15) is 30.2 Å². The second-order valence-electron chi connectivity index (χ2n) is 13.2. The SMILES string of the molecule is CC(=O)C1=CC[C@@]2(C)[C@@H]3CC=C4[C@@H](C=C(O[C@@H]5O[C@H](CO)[C@@H](O)[C@H](O)[C@H]5O)C(=O)C4(C)C)[C@]3(C)C(=O)C[C@]12C. The van der Waals surface area contributed by atoms with Crippen molar-refractivity contribution in [3.63, 3.8) is 0 Å². The van der Waals surface area contributed by atoms with Crippen molar-refractivity contribution in [2.45, 2.75) is 91.5 Å². The zero-order chi connectivity index (χ0) is 28.9. The van der Waals surface area contributed by atoms with E-state index >= 15 is 0 Å². The normalized spacial score (nSPS) is 46.8. The Morgan fingerprint density at radius 1 is 1.05 bits per heavy atom. The minimum atomic E-state index is -1.67. The van der Waals surface area contributed by atoms with Gasteiger partial charge in [-0.1, -0.05) is 38.5 Å². The summed E-state index contributed by atoms with van der Waals surface area (Å²) >= 11 is 0. The topological polar surface area (TPSA) is 151 Å². The van der Waals surface area contributed by atoms with Crippen molar-refractivity contribution in [3.05, 3.63) is 35.1 Å². The lowest BCUT2D eigenvalue weighted by Gasteiger charge is -2.62. The number of aliphatic hydroxyl groups excluding tert-OH is 4. The van der Waals surface area contributed by atoms with Crippen LogP contribution in [-0.2, 0) is 23.9 Å². The van der Waals surface area contributed by atoms with Crippen LogP contribution >= 0.6 is 0 Å². The van der Waals surface area contributed by atoms with Gasteiger partial charge in [-0.05, 0) is 56.6 Å². The molecule has 0 bridgehead atoms. The third-order valence-electron chi connectivity index (χ3n) is 11.0. The average Bonchev–Trinajstić information content (AvgIpc) is 3.14. The van der Waals surface area contributed by atoms with E-state index in [9.17, 15) is 34.8 Å². The number of carbonyl (C=O) groups excluding carboxylic acids is 3. The Hall–Kier alpha value is -2.17. The molecule has 9 nitrogen and oxygen atoms in total. The van der Waals surface area contributed by atoms with E-state index in [0.29, 0.717) is 12.8 Å². The van der Waals surface area contributed by atoms with E-state index in [2.05, 4.69) is 13.0 Å². The molecule has 0 aromatic carbocycles. The summed E-state index contributed by atoms with van der Waals surface area (Å²) in [5.41, 5.74) is -1.26. The van der Waals surface area contributed by atoms with E-state index in [-0.39, 0.29) is 40.9 Å². The maximum atomic E-state index is 14.2. The number of rotatable bonds is 4. The van der Waals surface area contributed by atoms with Crippen molar-refractivity contribution in [2.75, 3.05) is 6.61 Å². The molecule has 1 aliphatic heterocycles. The lowest BCUT2D eigenvalue weighted by Crippen LogP contribution is -2.62. The molecule has 0 unspecified atom stereocenters. The molecule has 2 fully saturated rings. The molecular weight excluding hydrogens is 504 g/mol. The maximum Gasteiger partial charge on any atom is 0.229 e. The summed E-state index contributed by atoms with van der Waals surface area (Å²) in [6.07, 6.45) is -0.346. The number of ether oxygens (including phenoxy) is 2. The molecule has 0 radical (unpaired) electrons. The first-order valence-corrected chi connectivity index (χ1v) is 13.7. The first kappa shape index (κ1) is 28.4. The van der Waals surface area contributed by atoms with Gasteiger partial charge in [-0.2, -0.15) is 0 Å². The molecule has 0 amide bonds. The standard InChI is InChI=1S/C30H40O9/c1-14(32)15-9-10-28(4)20-8-7-16-17(30(20,6)21(33)12-29(15,28)5)11-18(25(37)27(16,2)3)38-26-24(36)23(35)22(34)19(13-31)39-26/h7,9,11,17,19-20,22-24,26,31,34-36H,8,10,12-13H2,1-6H3/t17-,19-,20+,22-,23+,24-,26-,28+,29-,30+/m1/s1. The van der Waals surface area contributed by atoms with Gasteiger partial charge in [0.2, 0.25) is 12.1 Å². The van der Waals surface area contributed by atoms with E-state index in [1.807, 2.05) is 19.9 Å². The number of Topliss-reactive ketones (excluding diaryl/α,β-unsaturated/α-hetero) is 3. The van der Waals surface area contributed by atoms with Crippen LogP contribution in [0.1, 0.15) is 60.8 Å². The summed E-state index contributed by atoms with van der Waals surface area (Å²) in [6.45, 7) is 10.7. The molecule has 4 N–H and O–H groups in total. The van der Waals surface area contributed by atoms with Crippen molar-refractivity contribution in [2.24, 2.45) is 33.5 Å². The molecule has 0 aromatic rings. The highest BCUT2D eigenvalue weighted by Gasteiger charge is 2.69. The molecule has 10 atom stereocenters. The number of hydrogen-bond acceptors (Lipinski definition) is 9. The van der Waals surface area contributed by atoms with E-state index in [0.717, 1.165) is 11.1 Å². The highest BCUT2D eigenvalue weighted by atomic mass is 16.7. The molecule has 1 saturated carbocycles. The number of allylic oxidation sites excluding steroid dienone is 6. The van der Waals surface area contributed by atoms with E-state index < -0.39 is 59.5 Å². The molecule has 5 rings (SSSR count). The lowest BCUT2D eigenvalue weighted by molar-refractivity contribution is -0.291. The Balaban J connectivity index is 1.56. The summed E-state index contributed by atoms with van der Waals surface area (Å²) < 4.78 is 11.4. The molecule has 1 heterocycles. The van der Waals surface area contributed by atoms with Crippen molar-refractivity contribution in [1.29, 1.82) is 0 Å². The molecule has 39 heavy (non-hydrogen) atoms. The summed E-state index contributed by atoms with van der Waals surface area (Å²) in [5, 5.41) is 40.5. The number of aliphatic hydroxyl groups is 4. The highest BCUT2D eigenvalue weighted by molar-refractivity contribution is 6.03. The molecule has 0 aromatic heterocycles. The van der Waals surface area contributed by atoms with E-state index in [4.69, 9.17) is 9.47 Å². The molecule has 0 spiro atoms. The van der Waals surface area contributed by atoms with Gasteiger partial charge in [-0.25, -0.2) is 0 Å². The van der Waals surface area contributed by atoms with Gasteiger partial charge in [0.15, 0.2) is 11.5 Å². The lowest BCUT2D eigenvalue weighted by atomic mass is 9.39. The molecule has 1 saturated heterocycles. The summed E-state index contributed by atoms with van der Waals surface area (Å²) in [5.74, 6) is -1.00. The number of ketones is 3. The second kappa shape index (κ2) is 8.91. The predicted octanol–water partition coefficient (Wildman–Crippen LogP) is 1.77. The van der Waals surface area contributed by atoms with Gasteiger partial charge in [-0.3, -0.25) is 14.4 Å². The Labute approximate surface area is 228 Å². The molecule has 5 aliphatic rings. The summed E-state index contributed by atoms with van der Waals surface area (Å²) in [4.78, 5) is 40.4. The maximum absolute atomic E-state index is 14.2. The van der Waals surface area contributed by atoms with Crippen molar-refractivity contribution in [3.8, 4) is 0 Å². The largest absolute Gasteiger partial charge is 0.459 e. The van der Waals surface area contributed by atoms with Crippen LogP contribution in [0.15, 0.2) is 35.1 Å². The van der Waals surface area contributed by atoms with Crippen molar-refractivity contribution < 1.29 is 44.3 Å². The van der Waals surface area contributed by atoms with Crippen LogP contribution in [0.25, 0.3) is 0 Å². The van der Waals surface area contributed by atoms with Crippen molar-refractivity contribution >= 4 is 17.3 Å². The first-order valence-electron chi connectivity index (χ1n) is 13.7. The fourth-order valence-corrected chi connectivity index (χ4v) is 8.34. The first-order chi connectivity index (χ1) is 18.1. The fourth-order valence-electron chi connectivity index (χ4n) is 8.34. The fraction of sp³-hybridized carbons (Fsp3) is 0.700.